The maximum Gasteiger partial charge on any atom is 0.243 e. The van der Waals surface area contributed by atoms with Gasteiger partial charge in [-0.15, -0.1) is 0 Å². The molecule has 112 valence electrons. The fourth-order valence-corrected chi connectivity index (χ4v) is 4.30. The van der Waals surface area contributed by atoms with E-state index in [0.29, 0.717) is 11.4 Å². The highest BCUT2D eigenvalue weighted by atomic mass is 32.2. The third kappa shape index (κ3) is 3.13. The summed E-state index contributed by atoms with van der Waals surface area (Å²) in [6.07, 6.45) is 0.870. The summed E-state index contributed by atoms with van der Waals surface area (Å²) >= 11 is 0. The molecule has 2 rings (SSSR count). The molecule has 1 aliphatic heterocycles. The second kappa shape index (κ2) is 6.11. The summed E-state index contributed by atoms with van der Waals surface area (Å²) in [5.41, 5.74) is 0.910. The van der Waals surface area contributed by atoms with Crippen LogP contribution in [-0.4, -0.2) is 57.4 Å². The van der Waals surface area contributed by atoms with Crippen molar-refractivity contribution < 1.29 is 8.42 Å². The highest BCUT2D eigenvalue weighted by Gasteiger charge is 2.31. The topological polar surface area (TPSA) is 52.7 Å². The molecule has 1 aromatic carbocycles. The lowest BCUT2D eigenvalue weighted by atomic mass is 10.3. The van der Waals surface area contributed by atoms with Gasteiger partial charge in [0.25, 0.3) is 0 Å². The van der Waals surface area contributed by atoms with Crippen molar-refractivity contribution in [2.24, 2.45) is 0 Å². The number of likely N-dealkylation sites (N-methyl/N-ethyl adjacent to an activating group) is 1. The normalized spacial score (nSPS) is 22.4. The van der Waals surface area contributed by atoms with Crippen LogP contribution in [0.2, 0.25) is 0 Å². The molecule has 1 aromatic rings. The molecule has 1 fully saturated rings. The van der Waals surface area contributed by atoms with Crippen molar-refractivity contribution in [1.29, 1.82) is 0 Å². The Morgan fingerprint density at radius 1 is 1.20 bits per heavy atom. The van der Waals surface area contributed by atoms with Crippen molar-refractivity contribution in [3.8, 4) is 0 Å². The first-order chi connectivity index (χ1) is 9.45. The minimum atomic E-state index is -3.40. The molecule has 1 aliphatic rings. The minimum Gasteiger partial charge on any atom is -0.388 e. The third-order valence-electron chi connectivity index (χ3n) is 3.74. The molecular weight excluding hydrogens is 274 g/mol. The van der Waals surface area contributed by atoms with Crippen LogP contribution in [0.4, 0.5) is 5.69 Å². The van der Waals surface area contributed by atoms with Gasteiger partial charge in [-0.25, -0.2) is 8.42 Å². The Balaban J connectivity index is 2.28. The van der Waals surface area contributed by atoms with Crippen molar-refractivity contribution in [3.63, 3.8) is 0 Å². The van der Waals surface area contributed by atoms with Gasteiger partial charge in [-0.2, -0.15) is 4.31 Å². The average molecular weight is 297 g/mol. The molecule has 0 spiro atoms. The molecule has 1 saturated heterocycles. The molecule has 20 heavy (non-hydrogen) atoms. The molecule has 1 N–H and O–H groups in total. The van der Waals surface area contributed by atoms with Crippen LogP contribution < -0.4 is 5.32 Å². The monoisotopic (exact) mass is 297 g/mol. The first-order valence-electron chi connectivity index (χ1n) is 6.93. The summed E-state index contributed by atoms with van der Waals surface area (Å²) in [7, 11) is 0.448. The van der Waals surface area contributed by atoms with E-state index in [4.69, 9.17) is 0 Å². The largest absolute Gasteiger partial charge is 0.388 e. The first kappa shape index (κ1) is 15.3. The number of nitrogens with zero attached hydrogens (tertiary/aromatic N) is 2. The van der Waals surface area contributed by atoms with Crippen molar-refractivity contribution >= 4 is 15.7 Å². The lowest BCUT2D eigenvalue weighted by Crippen LogP contribution is -2.41. The minimum absolute atomic E-state index is 0.00326. The summed E-state index contributed by atoms with van der Waals surface area (Å²) < 4.78 is 27.1. The molecular formula is C14H23N3O2S. The van der Waals surface area contributed by atoms with Crippen LogP contribution in [0.3, 0.4) is 0 Å². The zero-order valence-corrected chi connectivity index (χ0v) is 13.2. The van der Waals surface area contributed by atoms with E-state index in [9.17, 15) is 8.42 Å². The summed E-state index contributed by atoms with van der Waals surface area (Å²) in [6, 6.07) is 6.92. The lowest BCUT2D eigenvalue weighted by Gasteiger charge is -2.27. The van der Waals surface area contributed by atoms with E-state index in [1.165, 1.54) is 0 Å². The Labute approximate surface area is 121 Å². The standard InChI is InChI=1S/C14H23N3O2S/c1-12-11-16(3)9-4-10-17(12)20(18,19)14-7-5-13(15-2)6-8-14/h5-8,12,15H,4,9-11H2,1-3H3. The number of benzene rings is 1. The van der Waals surface area contributed by atoms with E-state index < -0.39 is 10.0 Å². The molecule has 0 radical (unpaired) electrons. The van der Waals surface area contributed by atoms with Crippen molar-refractivity contribution in [1.82, 2.24) is 9.21 Å². The van der Waals surface area contributed by atoms with Crippen molar-refractivity contribution in [2.45, 2.75) is 24.3 Å². The molecule has 0 aromatic heterocycles. The van der Waals surface area contributed by atoms with Gasteiger partial charge < -0.3 is 10.2 Å². The van der Waals surface area contributed by atoms with Gasteiger partial charge in [0.1, 0.15) is 0 Å². The van der Waals surface area contributed by atoms with Gasteiger partial charge in [-0.1, -0.05) is 0 Å². The van der Waals surface area contributed by atoms with Crippen LogP contribution in [0.15, 0.2) is 29.2 Å². The second-order valence-electron chi connectivity index (χ2n) is 5.35. The predicted octanol–water partition coefficient (Wildman–Crippen LogP) is 1.44. The molecule has 5 nitrogen and oxygen atoms in total. The zero-order valence-electron chi connectivity index (χ0n) is 12.3. The first-order valence-corrected chi connectivity index (χ1v) is 8.37. The molecule has 0 saturated carbocycles. The summed E-state index contributed by atoms with van der Waals surface area (Å²) in [5.74, 6) is 0. The van der Waals surface area contributed by atoms with E-state index >= 15 is 0 Å². The highest BCUT2D eigenvalue weighted by molar-refractivity contribution is 7.89. The highest BCUT2D eigenvalue weighted by Crippen LogP contribution is 2.22. The van der Waals surface area contributed by atoms with Crippen LogP contribution in [-0.2, 0) is 10.0 Å². The number of hydrogen-bond acceptors (Lipinski definition) is 4. The van der Waals surface area contributed by atoms with Gasteiger partial charge in [0, 0.05) is 31.9 Å². The Morgan fingerprint density at radius 3 is 2.45 bits per heavy atom. The van der Waals surface area contributed by atoms with Gasteiger partial charge in [0.15, 0.2) is 0 Å². The van der Waals surface area contributed by atoms with Gasteiger partial charge >= 0.3 is 0 Å². The molecule has 1 heterocycles. The molecule has 1 atom stereocenters. The summed E-state index contributed by atoms with van der Waals surface area (Å²) in [6.45, 7) is 4.27. The molecule has 6 heteroatoms. The number of anilines is 1. The van der Waals surface area contributed by atoms with E-state index in [1.54, 1.807) is 28.6 Å². The lowest BCUT2D eigenvalue weighted by molar-refractivity contribution is 0.290. The number of sulfonamides is 1. The molecule has 0 aliphatic carbocycles. The summed E-state index contributed by atoms with van der Waals surface area (Å²) in [4.78, 5) is 2.55. The van der Waals surface area contributed by atoms with Crippen molar-refractivity contribution in [2.75, 3.05) is 39.0 Å². The number of nitrogens with one attached hydrogen (secondary N) is 1. The average Bonchev–Trinajstić information content (AvgIpc) is 2.59. The molecule has 1 unspecified atom stereocenters. The van der Waals surface area contributed by atoms with Gasteiger partial charge in [-0.05, 0) is 51.2 Å². The fraction of sp³-hybridized carbons (Fsp3) is 0.571. The van der Waals surface area contributed by atoms with E-state index in [-0.39, 0.29) is 6.04 Å². The zero-order chi connectivity index (χ0) is 14.8. The van der Waals surface area contributed by atoms with E-state index in [0.717, 1.165) is 25.2 Å². The van der Waals surface area contributed by atoms with Crippen LogP contribution in [0, 0.1) is 0 Å². The quantitative estimate of drug-likeness (QED) is 0.917. The van der Waals surface area contributed by atoms with Crippen LogP contribution in [0.5, 0.6) is 0 Å². The fourth-order valence-electron chi connectivity index (χ4n) is 2.64. The molecule has 0 amide bonds. The van der Waals surface area contributed by atoms with E-state index in [1.807, 2.05) is 21.0 Å². The Kier molecular flexibility index (Phi) is 4.67. The van der Waals surface area contributed by atoms with Crippen LogP contribution in [0.1, 0.15) is 13.3 Å². The smallest absolute Gasteiger partial charge is 0.243 e. The van der Waals surface area contributed by atoms with Crippen molar-refractivity contribution in [3.05, 3.63) is 24.3 Å². The van der Waals surface area contributed by atoms with Gasteiger partial charge in [0.2, 0.25) is 10.0 Å². The molecule has 0 bridgehead atoms. The second-order valence-corrected chi connectivity index (χ2v) is 7.25. The maximum atomic E-state index is 12.7. The van der Waals surface area contributed by atoms with Crippen LogP contribution in [0.25, 0.3) is 0 Å². The Hall–Kier alpha value is -1.11. The number of hydrogen-bond donors (Lipinski definition) is 1. The predicted molar refractivity (Wildman–Crippen MR) is 81.5 cm³/mol. The number of rotatable bonds is 3. The SMILES string of the molecule is CNc1ccc(S(=O)(=O)N2CCCN(C)CC2C)cc1. The Bertz CT molecular complexity index is 542. The van der Waals surface area contributed by atoms with E-state index in [2.05, 4.69) is 10.2 Å². The van der Waals surface area contributed by atoms with Gasteiger partial charge in [-0.3, -0.25) is 0 Å². The van der Waals surface area contributed by atoms with Gasteiger partial charge in [0.05, 0.1) is 4.90 Å². The summed E-state index contributed by atoms with van der Waals surface area (Å²) in [5, 5.41) is 2.99. The van der Waals surface area contributed by atoms with Crippen LogP contribution >= 0.6 is 0 Å². The third-order valence-corrected chi connectivity index (χ3v) is 5.76. The maximum absolute atomic E-state index is 12.7. The Morgan fingerprint density at radius 2 is 1.85 bits per heavy atom.